The molecule has 1 aliphatic rings. The monoisotopic (exact) mass is 472 g/mol. The van der Waals surface area contributed by atoms with Gasteiger partial charge in [0, 0.05) is 16.7 Å². The Labute approximate surface area is 209 Å². The van der Waals surface area contributed by atoms with Crippen molar-refractivity contribution in [3.8, 4) is 0 Å². The Bertz CT molecular complexity index is 1200. The first-order valence-corrected chi connectivity index (χ1v) is 12.1. The van der Waals surface area contributed by atoms with Crippen LogP contribution in [-0.2, 0) is 9.59 Å². The van der Waals surface area contributed by atoms with Gasteiger partial charge in [-0.05, 0) is 80.2 Å². The number of fused-ring (bicyclic) bond motifs is 1. The van der Waals surface area contributed by atoms with Crippen molar-refractivity contribution in [3.05, 3.63) is 92.6 Å². The van der Waals surface area contributed by atoms with Gasteiger partial charge in [-0.3, -0.25) is 19.2 Å². The zero-order chi connectivity index (χ0) is 26.3. The fourth-order valence-corrected chi connectivity index (χ4v) is 4.07. The molecule has 0 unspecified atom stereocenters. The van der Waals surface area contributed by atoms with Crippen molar-refractivity contribution in [2.75, 3.05) is 0 Å². The zero-order valence-corrected chi connectivity index (χ0v) is 22.0. The summed E-state index contributed by atoms with van der Waals surface area (Å²) in [6, 6.07) is 6.49. The van der Waals surface area contributed by atoms with Crippen LogP contribution < -0.4 is 0 Å². The highest BCUT2D eigenvalue weighted by Gasteiger charge is 2.36. The van der Waals surface area contributed by atoms with Gasteiger partial charge in [0.25, 0.3) is 0 Å². The molecule has 4 heteroatoms. The van der Waals surface area contributed by atoms with Gasteiger partial charge < -0.3 is 0 Å². The average molecular weight is 473 g/mol. The fraction of sp³-hybridized carbons (Fsp3) is 0.355. The number of carbonyl (C=O) groups is 4. The second-order valence-electron chi connectivity index (χ2n) is 9.68. The highest BCUT2D eigenvalue weighted by Crippen LogP contribution is 2.30. The maximum atomic E-state index is 13.8. The second-order valence-corrected chi connectivity index (χ2v) is 9.68. The van der Waals surface area contributed by atoms with Crippen LogP contribution in [0, 0.1) is 0 Å². The van der Waals surface area contributed by atoms with E-state index in [1.165, 1.54) is 18.6 Å². The molecule has 0 fully saturated rings. The molecule has 1 aromatic rings. The standard InChI is InChI=1S/C31H36O4/c1-19(2)12-10-14-21(5)18-26(32)27(22(6)15-11-13-20(3)4)31(35)28-23(7)29(33)24-16-8-9-17-25(24)30(28)34/h8-9,12-13,16-18H,10-11,14-15H2,1-7H3/b21-18+,27-22+. The Morgan fingerprint density at radius 3 is 1.83 bits per heavy atom. The van der Waals surface area contributed by atoms with Crippen molar-refractivity contribution in [1.82, 2.24) is 0 Å². The van der Waals surface area contributed by atoms with E-state index in [4.69, 9.17) is 0 Å². The van der Waals surface area contributed by atoms with E-state index in [9.17, 15) is 19.2 Å². The maximum absolute atomic E-state index is 13.8. The minimum atomic E-state index is -0.664. The Hall–Kier alpha value is -3.40. The van der Waals surface area contributed by atoms with E-state index in [1.54, 1.807) is 31.2 Å². The molecule has 0 amide bonds. The largest absolute Gasteiger partial charge is 0.289 e. The minimum absolute atomic E-state index is 0.0106. The third-order valence-corrected chi connectivity index (χ3v) is 6.03. The van der Waals surface area contributed by atoms with Gasteiger partial charge in [-0.2, -0.15) is 0 Å². The van der Waals surface area contributed by atoms with E-state index in [-0.39, 0.29) is 28.1 Å². The molecular weight excluding hydrogens is 436 g/mol. The number of allylic oxidation sites excluding steroid dienone is 10. The van der Waals surface area contributed by atoms with Crippen molar-refractivity contribution in [2.45, 2.75) is 74.1 Å². The molecule has 4 nitrogen and oxygen atoms in total. The molecule has 1 aliphatic carbocycles. The van der Waals surface area contributed by atoms with E-state index in [0.29, 0.717) is 30.4 Å². The lowest BCUT2D eigenvalue weighted by Crippen LogP contribution is -2.28. The Balaban J connectivity index is 2.53. The van der Waals surface area contributed by atoms with Gasteiger partial charge in [-0.15, -0.1) is 0 Å². The fourth-order valence-electron chi connectivity index (χ4n) is 4.07. The molecule has 0 saturated carbocycles. The van der Waals surface area contributed by atoms with E-state index < -0.39 is 17.3 Å². The van der Waals surface area contributed by atoms with Crippen LogP contribution in [-0.4, -0.2) is 23.1 Å². The van der Waals surface area contributed by atoms with Gasteiger partial charge >= 0.3 is 0 Å². The second kappa shape index (κ2) is 12.3. The maximum Gasteiger partial charge on any atom is 0.201 e. The van der Waals surface area contributed by atoms with Crippen LogP contribution >= 0.6 is 0 Å². The van der Waals surface area contributed by atoms with Crippen LogP contribution in [0.1, 0.15) is 94.9 Å². The minimum Gasteiger partial charge on any atom is -0.289 e. The first kappa shape index (κ1) is 27.8. The molecule has 2 rings (SSSR count). The molecule has 0 saturated heterocycles. The molecule has 184 valence electrons. The summed E-state index contributed by atoms with van der Waals surface area (Å²) in [6.45, 7) is 13.2. The molecule has 0 aliphatic heterocycles. The summed E-state index contributed by atoms with van der Waals surface area (Å²) in [6.07, 6.45) is 8.33. The lowest BCUT2D eigenvalue weighted by Gasteiger charge is -2.19. The number of Topliss-reactive ketones (excluding diaryl/α,β-unsaturated/α-hetero) is 3. The summed E-state index contributed by atoms with van der Waals surface area (Å²) in [4.78, 5) is 53.4. The van der Waals surface area contributed by atoms with Crippen molar-refractivity contribution in [2.24, 2.45) is 0 Å². The summed E-state index contributed by atoms with van der Waals surface area (Å²) < 4.78 is 0. The number of ketones is 4. The molecule has 0 heterocycles. The van der Waals surface area contributed by atoms with Crippen LogP contribution in [0.2, 0.25) is 0 Å². The Morgan fingerprint density at radius 2 is 1.29 bits per heavy atom. The molecule has 0 N–H and O–H groups in total. The summed E-state index contributed by atoms with van der Waals surface area (Å²) in [7, 11) is 0. The molecule has 0 bridgehead atoms. The van der Waals surface area contributed by atoms with E-state index in [0.717, 1.165) is 17.6 Å². The third-order valence-electron chi connectivity index (χ3n) is 6.03. The summed E-state index contributed by atoms with van der Waals surface area (Å²) in [5, 5.41) is 0. The third kappa shape index (κ3) is 7.05. The topological polar surface area (TPSA) is 68.3 Å². The van der Waals surface area contributed by atoms with E-state index in [1.807, 2.05) is 40.7 Å². The van der Waals surface area contributed by atoms with Crippen LogP contribution in [0.15, 0.2) is 81.5 Å². The SMILES string of the molecule is CC(C)=CCC/C(C)=C/C(=O)/C(C(=O)C1=C(C)C(=O)c2ccccc2C1=O)=C(/C)CCC=C(C)C. The van der Waals surface area contributed by atoms with Gasteiger partial charge in [-0.1, -0.05) is 58.7 Å². The van der Waals surface area contributed by atoms with Gasteiger partial charge in [0.2, 0.25) is 5.78 Å². The molecule has 0 spiro atoms. The number of rotatable bonds is 10. The highest BCUT2D eigenvalue weighted by molar-refractivity contribution is 6.44. The zero-order valence-electron chi connectivity index (χ0n) is 22.0. The predicted octanol–water partition coefficient (Wildman–Crippen LogP) is 7.28. The molecule has 0 aromatic heterocycles. The van der Waals surface area contributed by atoms with Crippen molar-refractivity contribution in [3.63, 3.8) is 0 Å². The van der Waals surface area contributed by atoms with Gasteiger partial charge in [-0.25, -0.2) is 0 Å². The number of carbonyl (C=O) groups excluding carboxylic acids is 4. The Morgan fingerprint density at radius 1 is 0.771 bits per heavy atom. The lowest BCUT2D eigenvalue weighted by atomic mass is 9.80. The van der Waals surface area contributed by atoms with Gasteiger partial charge in [0.15, 0.2) is 17.3 Å². The van der Waals surface area contributed by atoms with Crippen molar-refractivity contribution >= 4 is 23.1 Å². The first-order chi connectivity index (χ1) is 16.5. The molecule has 35 heavy (non-hydrogen) atoms. The highest BCUT2D eigenvalue weighted by atomic mass is 16.2. The molecule has 1 aromatic carbocycles. The van der Waals surface area contributed by atoms with E-state index >= 15 is 0 Å². The van der Waals surface area contributed by atoms with Crippen LogP contribution in [0.25, 0.3) is 0 Å². The average Bonchev–Trinajstić information content (AvgIpc) is 2.77. The van der Waals surface area contributed by atoms with Gasteiger partial charge in [0.05, 0.1) is 11.1 Å². The smallest absolute Gasteiger partial charge is 0.201 e. The van der Waals surface area contributed by atoms with Crippen LogP contribution in [0.3, 0.4) is 0 Å². The summed E-state index contributed by atoms with van der Waals surface area (Å²) >= 11 is 0. The summed E-state index contributed by atoms with van der Waals surface area (Å²) in [5.74, 6) is -1.94. The van der Waals surface area contributed by atoms with Crippen LogP contribution in [0.5, 0.6) is 0 Å². The van der Waals surface area contributed by atoms with E-state index in [2.05, 4.69) is 6.08 Å². The first-order valence-electron chi connectivity index (χ1n) is 12.1. The van der Waals surface area contributed by atoms with Crippen molar-refractivity contribution in [1.29, 1.82) is 0 Å². The number of benzene rings is 1. The Kier molecular flexibility index (Phi) is 9.82. The van der Waals surface area contributed by atoms with Gasteiger partial charge in [0.1, 0.15) is 0 Å². The molecular formula is C31H36O4. The quantitative estimate of drug-likeness (QED) is 0.155. The lowest BCUT2D eigenvalue weighted by molar-refractivity contribution is -0.117. The number of hydrogen-bond donors (Lipinski definition) is 0. The normalized spacial score (nSPS) is 14.3. The van der Waals surface area contributed by atoms with Crippen LogP contribution in [0.4, 0.5) is 0 Å². The number of hydrogen-bond acceptors (Lipinski definition) is 4. The predicted molar refractivity (Wildman–Crippen MR) is 142 cm³/mol. The summed E-state index contributed by atoms with van der Waals surface area (Å²) in [5.41, 5.74) is 4.20. The van der Waals surface area contributed by atoms with Crippen molar-refractivity contribution < 1.29 is 19.2 Å². The molecule has 0 radical (unpaired) electrons. The molecule has 0 atom stereocenters.